The molecule has 0 aliphatic heterocycles. The lowest BCUT2D eigenvalue weighted by Crippen LogP contribution is -2.01. The Balaban J connectivity index is 1.58. The van der Waals surface area contributed by atoms with Crippen LogP contribution in [-0.2, 0) is 0 Å². The standard InChI is InChI=1S/C33H22ClN3/c34-28-19-16-26(17-20-28)32-35-31(25-14-8-3-9-15-25)36-33(37-32)29-21-18-27(23-10-4-1-5-11-23)22-30(29)24-12-6-2-7-13-24/h1-22H. The molecule has 0 fully saturated rings. The molecule has 37 heavy (non-hydrogen) atoms. The van der Waals surface area contributed by atoms with Gasteiger partial charge < -0.3 is 0 Å². The van der Waals surface area contributed by atoms with Gasteiger partial charge in [0.15, 0.2) is 17.5 Å². The van der Waals surface area contributed by atoms with E-state index in [1.807, 2.05) is 66.7 Å². The summed E-state index contributed by atoms with van der Waals surface area (Å²) in [7, 11) is 0. The highest BCUT2D eigenvalue weighted by molar-refractivity contribution is 6.30. The van der Waals surface area contributed by atoms with Crippen LogP contribution in [0.25, 0.3) is 56.4 Å². The van der Waals surface area contributed by atoms with Gasteiger partial charge in [-0.3, -0.25) is 0 Å². The number of hydrogen-bond acceptors (Lipinski definition) is 3. The Labute approximate surface area is 221 Å². The molecule has 0 radical (unpaired) electrons. The zero-order valence-electron chi connectivity index (χ0n) is 19.9. The van der Waals surface area contributed by atoms with Crippen LogP contribution in [0.3, 0.4) is 0 Å². The van der Waals surface area contributed by atoms with Crippen molar-refractivity contribution in [2.24, 2.45) is 0 Å². The summed E-state index contributed by atoms with van der Waals surface area (Å²) in [5.74, 6) is 1.85. The van der Waals surface area contributed by atoms with Crippen LogP contribution in [0, 0.1) is 0 Å². The summed E-state index contributed by atoms with van der Waals surface area (Å²) < 4.78 is 0. The zero-order chi connectivity index (χ0) is 25.0. The summed E-state index contributed by atoms with van der Waals surface area (Å²) in [5.41, 5.74) is 7.22. The van der Waals surface area contributed by atoms with Crippen LogP contribution in [0.2, 0.25) is 5.02 Å². The predicted octanol–water partition coefficient (Wildman–Crippen LogP) is 8.86. The smallest absolute Gasteiger partial charge is 0.164 e. The van der Waals surface area contributed by atoms with Gasteiger partial charge in [-0.2, -0.15) is 0 Å². The molecule has 1 heterocycles. The summed E-state index contributed by atoms with van der Waals surface area (Å²) in [6.45, 7) is 0. The number of benzene rings is 5. The first-order valence-corrected chi connectivity index (χ1v) is 12.5. The largest absolute Gasteiger partial charge is 0.208 e. The number of aromatic nitrogens is 3. The third-order valence-electron chi connectivity index (χ3n) is 6.22. The molecule has 0 spiro atoms. The monoisotopic (exact) mass is 495 g/mol. The number of hydrogen-bond donors (Lipinski definition) is 0. The maximum absolute atomic E-state index is 6.15. The maximum atomic E-state index is 6.15. The van der Waals surface area contributed by atoms with Crippen molar-refractivity contribution in [3.8, 4) is 56.4 Å². The van der Waals surface area contributed by atoms with E-state index in [1.54, 1.807) is 0 Å². The minimum atomic E-state index is 0.603. The SMILES string of the molecule is Clc1ccc(-c2nc(-c3ccccc3)nc(-c3ccc(-c4ccccc4)cc3-c3ccccc3)n2)cc1. The van der Waals surface area contributed by atoms with Crippen molar-refractivity contribution < 1.29 is 0 Å². The Kier molecular flexibility index (Phi) is 6.28. The molecule has 176 valence electrons. The van der Waals surface area contributed by atoms with Gasteiger partial charge in [-0.25, -0.2) is 15.0 Å². The van der Waals surface area contributed by atoms with Crippen molar-refractivity contribution in [3.63, 3.8) is 0 Å². The van der Waals surface area contributed by atoms with Gasteiger partial charge in [0.2, 0.25) is 0 Å². The minimum Gasteiger partial charge on any atom is -0.208 e. The van der Waals surface area contributed by atoms with Crippen molar-refractivity contribution >= 4 is 11.6 Å². The third kappa shape index (κ3) is 4.90. The van der Waals surface area contributed by atoms with E-state index in [4.69, 9.17) is 26.6 Å². The van der Waals surface area contributed by atoms with Crippen LogP contribution in [0.1, 0.15) is 0 Å². The van der Waals surface area contributed by atoms with E-state index in [0.29, 0.717) is 22.5 Å². The lowest BCUT2D eigenvalue weighted by atomic mass is 9.94. The molecular weight excluding hydrogens is 474 g/mol. The Hall–Kier alpha value is -4.60. The van der Waals surface area contributed by atoms with E-state index < -0.39 is 0 Å². The van der Waals surface area contributed by atoms with Gasteiger partial charge in [-0.1, -0.05) is 109 Å². The molecular formula is C33H22ClN3. The van der Waals surface area contributed by atoms with E-state index in [1.165, 1.54) is 0 Å². The molecule has 0 saturated carbocycles. The second-order valence-corrected chi connectivity index (χ2v) is 9.11. The highest BCUT2D eigenvalue weighted by Crippen LogP contribution is 2.35. The fraction of sp³-hybridized carbons (Fsp3) is 0. The summed E-state index contributed by atoms with van der Waals surface area (Å²) in [6.07, 6.45) is 0. The first-order valence-electron chi connectivity index (χ1n) is 12.1. The van der Waals surface area contributed by atoms with Crippen LogP contribution in [0.4, 0.5) is 0 Å². The second-order valence-electron chi connectivity index (χ2n) is 8.67. The van der Waals surface area contributed by atoms with Crippen LogP contribution >= 0.6 is 11.6 Å². The van der Waals surface area contributed by atoms with E-state index in [2.05, 4.69) is 66.7 Å². The molecule has 6 aromatic rings. The van der Waals surface area contributed by atoms with E-state index in [9.17, 15) is 0 Å². The Morgan fingerprint density at radius 1 is 0.351 bits per heavy atom. The van der Waals surface area contributed by atoms with E-state index in [-0.39, 0.29) is 0 Å². The summed E-state index contributed by atoms with van der Waals surface area (Å²) in [5, 5.41) is 0.671. The third-order valence-corrected chi connectivity index (χ3v) is 6.47. The Morgan fingerprint density at radius 3 is 1.41 bits per heavy atom. The van der Waals surface area contributed by atoms with Crippen molar-refractivity contribution in [1.29, 1.82) is 0 Å². The highest BCUT2D eigenvalue weighted by Gasteiger charge is 2.16. The molecule has 5 aromatic carbocycles. The van der Waals surface area contributed by atoms with Gasteiger partial charge in [0.25, 0.3) is 0 Å². The topological polar surface area (TPSA) is 38.7 Å². The summed E-state index contributed by atoms with van der Waals surface area (Å²) in [4.78, 5) is 14.7. The average molecular weight is 496 g/mol. The highest BCUT2D eigenvalue weighted by atomic mass is 35.5. The molecule has 0 aliphatic rings. The van der Waals surface area contributed by atoms with Crippen molar-refractivity contribution in [2.45, 2.75) is 0 Å². The first-order chi connectivity index (χ1) is 18.2. The van der Waals surface area contributed by atoms with Gasteiger partial charge in [0.1, 0.15) is 0 Å². The Morgan fingerprint density at radius 2 is 0.811 bits per heavy atom. The van der Waals surface area contributed by atoms with Gasteiger partial charge in [0, 0.05) is 21.7 Å². The van der Waals surface area contributed by atoms with Crippen molar-refractivity contribution in [3.05, 3.63) is 138 Å². The van der Waals surface area contributed by atoms with Gasteiger partial charge in [-0.15, -0.1) is 0 Å². The van der Waals surface area contributed by atoms with Crippen LogP contribution in [0.5, 0.6) is 0 Å². The maximum Gasteiger partial charge on any atom is 0.164 e. The quantitative estimate of drug-likeness (QED) is 0.240. The molecule has 0 saturated heterocycles. The molecule has 6 rings (SSSR count). The lowest BCUT2D eigenvalue weighted by Gasteiger charge is -2.14. The molecule has 0 atom stereocenters. The minimum absolute atomic E-state index is 0.603. The lowest BCUT2D eigenvalue weighted by molar-refractivity contribution is 1.07. The van der Waals surface area contributed by atoms with Crippen LogP contribution in [-0.4, -0.2) is 15.0 Å². The predicted molar refractivity (Wildman–Crippen MR) is 152 cm³/mol. The van der Waals surface area contributed by atoms with Gasteiger partial charge >= 0.3 is 0 Å². The first kappa shape index (κ1) is 22.8. The van der Waals surface area contributed by atoms with Gasteiger partial charge in [-0.05, 0) is 58.7 Å². The molecule has 1 aromatic heterocycles. The molecule has 0 amide bonds. The normalized spacial score (nSPS) is 10.8. The number of rotatable bonds is 5. The van der Waals surface area contributed by atoms with Crippen LogP contribution < -0.4 is 0 Å². The molecule has 0 aliphatic carbocycles. The molecule has 0 unspecified atom stereocenters. The fourth-order valence-corrected chi connectivity index (χ4v) is 4.47. The molecule has 0 bridgehead atoms. The zero-order valence-corrected chi connectivity index (χ0v) is 20.7. The molecule has 0 N–H and O–H groups in total. The number of halogens is 1. The fourth-order valence-electron chi connectivity index (χ4n) is 4.35. The molecule has 4 heteroatoms. The Bertz CT molecular complexity index is 1650. The number of nitrogens with zero attached hydrogens (tertiary/aromatic N) is 3. The summed E-state index contributed by atoms with van der Waals surface area (Å²) in [6, 6.07) is 44.8. The average Bonchev–Trinajstić information content (AvgIpc) is 2.98. The van der Waals surface area contributed by atoms with Gasteiger partial charge in [0.05, 0.1) is 0 Å². The van der Waals surface area contributed by atoms with E-state index in [0.717, 1.165) is 38.9 Å². The summed E-state index contributed by atoms with van der Waals surface area (Å²) >= 11 is 6.15. The van der Waals surface area contributed by atoms with Crippen molar-refractivity contribution in [1.82, 2.24) is 15.0 Å². The van der Waals surface area contributed by atoms with Crippen LogP contribution in [0.15, 0.2) is 133 Å². The second kappa shape index (κ2) is 10.2. The van der Waals surface area contributed by atoms with Crippen molar-refractivity contribution in [2.75, 3.05) is 0 Å². The van der Waals surface area contributed by atoms with E-state index >= 15 is 0 Å². The molecule has 3 nitrogen and oxygen atoms in total.